The van der Waals surface area contributed by atoms with E-state index in [-0.39, 0.29) is 10.8 Å². The summed E-state index contributed by atoms with van der Waals surface area (Å²) in [7, 11) is 0. The number of hydrogen-bond acceptors (Lipinski definition) is 2. The van der Waals surface area contributed by atoms with Crippen LogP contribution in [0.3, 0.4) is 0 Å². The van der Waals surface area contributed by atoms with Crippen LogP contribution in [0.4, 0.5) is 0 Å². The number of carbonyl (C=O) groups excluding carboxylic acids is 2. The summed E-state index contributed by atoms with van der Waals surface area (Å²) in [5.41, 5.74) is 1.64. The Morgan fingerprint density at radius 2 is 1.78 bits per heavy atom. The number of hydrogen-bond donors (Lipinski definition) is 0. The monoisotopic (exact) mass is 314 g/mol. The van der Waals surface area contributed by atoms with Gasteiger partial charge in [-0.25, -0.2) is 0 Å². The van der Waals surface area contributed by atoms with Gasteiger partial charge in [0.25, 0.3) is 0 Å². The highest BCUT2D eigenvalue weighted by Crippen LogP contribution is 2.65. The lowest BCUT2D eigenvalue weighted by Crippen LogP contribution is -2.52. The molecule has 2 nitrogen and oxygen atoms in total. The molecule has 2 heteroatoms. The Morgan fingerprint density at radius 1 is 1.04 bits per heavy atom. The second kappa shape index (κ2) is 5.04. The van der Waals surface area contributed by atoms with Crippen LogP contribution in [0.2, 0.25) is 0 Å². The van der Waals surface area contributed by atoms with E-state index in [1.807, 2.05) is 6.08 Å². The zero-order valence-corrected chi connectivity index (χ0v) is 14.9. The van der Waals surface area contributed by atoms with Gasteiger partial charge in [0.2, 0.25) is 0 Å². The Bertz CT molecular complexity index is 589. The summed E-state index contributed by atoms with van der Waals surface area (Å²) in [5.74, 6) is 3.40. The van der Waals surface area contributed by atoms with E-state index < -0.39 is 0 Å². The third-order valence-corrected chi connectivity index (χ3v) is 8.32. The Hall–Kier alpha value is -0.920. The molecule has 0 amide bonds. The van der Waals surface area contributed by atoms with Crippen molar-refractivity contribution in [3.63, 3.8) is 0 Å². The largest absolute Gasteiger partial charge is 0.299 e. The lowest BCUT2D eigenvalue weighted by Gasteiger charge is -2.59. The van der Waals surface area contributed by atoms with E-state index in [1.54, 1.807) is 0 Å². The van der Waals surface area contributed by atoms with Crippen molar-refractivity contribution in [2.24, 2.45) is 34.5 Å². The molecule has 0 heterocycles. The predicted octanol–water partition coefficient (Wildman–Crippen LogP) is 4.72. The van der Waals surface area contributed by atoms with Crippen LogP contribution in [0.25, 0.3) is 0 Å². The predicted molar refractivity (Wildman–Crippen MR) is 90.9 cm³/mol. The molecule has 4 aliphatic rings. The van der Waals surface area contributed by atoms with Crippen molar-refractivity contribution in [3.05, 3.63) is 11.6 Å². The van der Waals surface area contributed by atoms with Gasteiger partial charge >= 0.3 is 0 Å². The summed E-state index contributed by atoms with van der Waals surface area (Å²) in [5, 5.41) is 0. The van der Waals surface area contributed by atoms with Gasteiger partial charge in [-0.15, -0.1) is 0 Å². The average Bonchev–Trinajstić information content (AvgIpc) is 2.83. The maximum absolute atomic E-state index is 12.5. The number of Topliss-reactive ketones (excluding diaryl/α,β-unsaturated/α-hetero) is 1. The molecule has 3 fully saturated rings. The molecule has 0 spiro atoms. The molecule has 0 aromatic heterocycles. The van der Waals surface area contributed by atoms with E-state index in [2.05, 4.69) is 20.8 Å². The molecule has 23 heavy (non-hydrogen) atoms. The second-order valence-corrected chi connectivity index (χ2v) is 9.12. The zero-order valence-electron chi connectivity index (χ0n) is 14.9. The first kappa shape index (κ1) is 15.6. The summed E-state index contributed by atoms with van der Waals surface area (Å²) >= 11 is 0. The van der Waals surface area contributed by atoms with E-state index in [0.29, 0.717) is 35.2 Å². The van der Waals surface area contributed by atoms with Gasteiger partial charge in [-0.2, -0.15) is 0 Å². The van der Waals surface area contributed by atoms with Gasteiger partial charge in [0, 0.05) is 18.3 Å². The van der Waals surface area contributed by atoms with Gasteiger partial charge < -0.3 is 0 Å². The maximum atomic E-state index is 12.5. The van der Waals surface area contributed by atoms with Crippen LogP contribution in [0.1, 0.15) is 72.1 Å². The Balaban J connectivity index is 1.75. The third-order valence-electron chi connectivity index (χ3n) is 8.32. The van der Waals surface area contributed by atoms with E-state index >= 15 is 0 Å². The second-order valence-electron chi connectivity index (χ2n) is 9.12. The van der Waals surface area contributed by atoms with E-state index in [9.17, 15) is 9.59 Å². The van der Waals surface area contributed by atoms with E-state index in [4.69, 9.17) is 0 Å². The van der Waals surface area contributed by atoms with Crippen LogP contribution >= 0.6 is 0 Å². The summed E-state index contributed by atoms with van der Waals surface area (Å²) in [6.07, 6.45) is 10.3. The molecule has 4 aliphatic carbocycles. The first-order chi connectivity index (χ1) is 10.9. The first-order valence-corrected chi connectivity index (χ1v) is 9.68. The minimum absolute atomic E-state index is 0.0402. The number of carbonyl (C=O) groups is 2. The van der Waals surface area contributed by atoms with E-state index in [1.165, 1.54) is 18.4 Å². The van der Waals surface area contributed by atoms with Crippen molar-refractivity contribution in [2.75, 3.05) is 0 Å². The smallest absolute Gasteiger partial charge is 0.155 e. The molecule has 0 aromatic carbocycles. The van der Waals surface area contributed by atoms with Gasteiger partial charge in [0.1, 0.15) is 5.78 Å². The van der Waals surface area contributed by atoms with Gasteiger partial charge in [-0.1, -0.05) is 26.3 Å². The fourth-order valence-electron chi connectivity index (χ4n) is 6.94. The average molecular weight is 314 g/mol. The number of allylic oxidation sites excluding steroid dienone is 1. The lowest BCUT2D eigenvalue weighted by molar-refractivity contribution is -0.133. The van der Waals surface area contributed by atoms with Crippen molar-refractivity contribution < 1.29 is 9.59 Å². The Labute approximate surface area is 140 Å². The van der Waals surface area contributed by atoms with Crippen molar-refractivity contribution in [1.29, 1.82) is 0 Å². The highest BCUT2D eigenvalue weighted by atomic mass is 16.1. The van der Waals surface area contributed by atoms with Crippen LogP contribution < -0.4 is 0 Å². The molecule has 0 aromatic rings. The molecule has 0 N–H and O–H groups in total. The summed E-state index contributed by atoms with van der Waals surface area (Å²) < 4.78 is 0. The SMILES string of the molecule is CC[C@@H]1C[C@@H]2[C@H](CC[C@]3(C)C(=O)CC[C@@H]23)[C@@]2(C)CCC(=O)C=C12. The highest BCUT2D eigenvalue weighted by Gasteiger charge is 2.60. The molecule has 0 unspecified atom stereocenters. The van der Waals surface area contributed by atoms with Gasteiger partial charge in [-0.05, 0) is 73.7 Å². The molecular formula is C21H30O2. The van der Waals surface area contributed by atoms with E-state index in [0.717, 1.165) is 38.5 Å². The molecule has 4 rings (SSSR count). The molecule has 0 aliphatic heterocycles. The van der Waals surface area contributed by atoms with Crippen LogP contribution in [0.15, 0.2) is 11.6 Å². The normalized spacial score (nSPS) is 49.3. The highest BCUT2D eigenvalue weighted by molar-refractivity contribution is 5.92. The number of fused-ring (bicyclic) bond motifs is 5. The summed E-state index contributed by atoms with van der Waals surface area (Å²) in [4.78, 5) is 24.5. The molecular weight excluding hydrogens is 284 g/mol. The van der Waals surface area contributed by atoms with Crippen molar-refractivity contribution >= 4 is 11.6 Å². The molecule has 0 bridgehead atoms. The minimum Gasteiger partial charge on any atom is -0.299 e. The van der Waals surface area contributed by atoms with Gasteiger partial charge in [0.15, 0.2) is 5.78 Å². The van der Waals surface area contributed by atoms with Crippen LogP contribution in [0.5, 0.6) is 0 Å². The first-order valence-electron chi connectivity index (χ1n) is 9.68. The van der Waals surface area contributed by atoms with Crippen molar-refractivity contribution in [3.8, 4) is 0 Å². The quantitative estimate of drug-likeness (QED) is 0.701. The van der Waals surface area contributed by atoms with Gasteiger partial charge in [0.05, 0.1) is 0 Å². The zero-order chi connectivity index (χ0) is 16.4. The molecule has 6 atom stereocenters. The lowest BCUT2D eigenvalue weighted by atomic mass is 9.45. The fraction of sp³-hybridized carbons (Fsp3) is 0.810. The molecule has 0 saturated heterocycles. The summed E-state index contributed by atoms with van der Waals surface area (Å²) in [6, 6.07) is 0. The summed E-state index contributed by atoms with van der Waals surface area (Å²) in [6.45, 7) is 6.96. The standard InChI is InChI=1S/C21H30O2/c1-4-13-11-15-16-5-6-19(23)21(16,3)10-8-17(15)20(2)9-7-14(22)12-18(13)20/h12-13,15-17H,4-11H2,1-3H3/t13-,15+,16+,17+,20-,21+/m1/s1. The van der Waals surface area contributed by atoms with Gasteiger partial charge in [-0.3, -0.25) is 9.59 Å². The Morgan fingerprint density at radius 3 is 2.52 bits per heavy atom. The van der Waals surface area contributed by atoms with Crippen molar-refractivity contribution in [1.82, 2.24) is 0 Å². The Kier molecular flexibility index (Phi) is 3.42. The van der Waals surface area contributed by atoms with Crippen LogP contribution in [-0.2, 0) is 9.59 Å². The third kappa shape index (κ3) is 1.99. The topological polar surface area (TPSA) is 34.1 Å². The van der Waals surface area contributed by atoms with Crippen LogP contribution in [0, 0.1) is 34.5 Å². The molecule has 0 radical (unpaired) electrons. The molecule has 126 valence electrons. The van der Waals surface area contributed by atoms with Crippen LogP contribution in [-0.4, -0.2) is 11.6 Å². The maximum Gasteiger partial charge on any atom is 0.155 e. The fourth-order valence-corrected chi connectivity index (χ4v) is 6.94. The molecule has 3 saturated carbocycles. The minimum atomic E-state index is -0.0402. The number of rotatable bonds is 1. The number of ketones is 2. The van der Waals surface area contributed by atoms with Crippen molar-refractivity contribution in [2.45, 2.75) is 72.1 Å².